The fraction of sp³-hybridized carbons (Fsp3) is 0.318. The normalized spacial score (nSPS) is 15.8. The van der Waals surface area contributed by atoms with E-state index in [9.17, 15) is 9.90 Å². The molecule has 132 valence electrons. The number of hydrogen-bond acceptors (Lipinski definition) is 2. The maximum absolute atomic E-state index is 12.4. The molecule has 1 unspecified atom stereocenters. The molecule has 0 heterocycles. The number of carbonyl (C=O) groups excluding carboxylic acids is 1. The second-order valence-electron chi connectivity index (χ2n) is 7.03. The van der Waals surface area contributed by atoms with Gasteiger partial charge in [0.1, 0.15) is 5.75 Å². The summed E-state index contributed by atoms with van der Waals surface area (Å²) < 4.78 is 0. The smallest absolute Gasteiger partial charge is 0.163 e. The van der Waals surface area contributed by atoms with Crippen molar-refractivity contribution in [3.8, 4) is 5.75 Å². The van der Waals surface area contributed by atoms with E-state index < -0.39 is 0 Å². The third-order valence-electron chi connectivity index (χ3n) is 4.78. The number of Topliss-reactive ketones (excluding diaryl/α,β-unsaturated/α-hetero) is 1. The van der Waals surface area contributed by atoms with Crippen LogP contribution in [0.1, 0.15) is 42.9 Å². The van der Waals surface area contributed by atoms with Crippen LogP contribution in [0.5, 0.6) is 5.75 Å². The molecule has 0 spiro atoms. The number of rotatable bonds is 4. The molecule has 2 aromatic rings. The van der Waals surface area contributed by atoms with Crippen LogP contribution in [0.3, 0.4) is 0 Å². The summed E-state index contributed by atoms with van der Waals surface area (Å²) in [5, 5.41) is 12.1. The molecule has 0 amide bonds. The fourth-order valence-corrected chi connectivity index (χ4v) is 3.24. The van der Waals surface area contributed by atoms with Crippen molar-refractivity contribution in [1.82, 2.24) is 0 Å². The minimum absolute atomic E-state index is 0. The van der Waals surface area contributed by atoms with E-state index >= 15 is 0 Å². The Morgan fingerprint density at radius 2 is 1.84 bits per heavy atom. The van der Waals surface area contributed by atoms with Gasteiger partial charge in [-0.2, -0.15) is 0 Å². The number of carbonyl (C=O) groups is 1. The average Bonchev–Trinajstić information content (AvgIpc) is 2.55. The summed E-state index contributed by atoms with van der Waals surface area (Å²) in [7, 11) is 0. The molecular formula is C22H26O3. The fourth-order valence-electron chi connectivity index (χ4n) is 3.24. The third-order valence-corrected chi connectivity index (χ3v) is 4.78. The largest absolute Gasteiger partial charge is 0.508 e. The maximum atomic E-state index is 12.4. The van der Waals surface area contributed by atoms with Crippen LogP contribution in [-0.2, 0) is 11.2 Å². The van der Waals surface area contributed by atoms with Crippen LogP contribution in [0.15, 0.2) is 36.4 Å². The van der Waals surface area contributed by atoms with Gasteiger partial charge in [-0.05, 0) is 59.4 Å². The summed E-state index contributed by atoms with van der Waals surface area (Å²) in [6, 6.07) is 12.0. The number of ketones is 1. The quantitative estimate of drug-likeness (QED) is 0.930. The topological polar surface area (TPSA) is 68.8 Å². The zero-order valence-corrected chi connectivity index (χ0v) is 15.0. The van der Waals surface area contributed by atoms with Gasteiger partial charge in [0.25, 0.3) is 0 Å². The Kier molecular flexibility index (Phi) is 5.81. The van der Waals surface area contributed by atoms with Gasteiger partial charge in [-0.15, -0.1) is 0 Å². The highest BCUT2D eigenvalue weighted by atomic mass is 16.3. The van der Waals surface area contributed by atoms with Gasteiger partial charge >= 0.3 is 0 Å². The van der Waals surface area contributed by atoms with Crippen molar-refractivity contribution in [2.24, 2.45) is 5.92 Å². The van der Waals surface area contributed by atoms with E-state index in [1.807, 2.05) is 25.1 Å². The standard InChI is InChI=1S/C22H24O2.H2O/c1-14(2)16-5-6-17-13-22(24)19(12-20(17)11-16)8-7-18-10-15(3)4-9-21(18)23;/h4-6,9-14,19,23H,7-8H2,1-3H3;1H2. The molecule has 1 aliphatic carbocycles. The number of fused-ring (bicyclic) bond motifs is 1. The van der Waals surface area contributed by atoms with E-state index in [0.29, 0.717) is 18.1 Å². The van der Waals surface area contributed by atoms with Crippen LogP contribution < -0.4 is 10.4 Å². The van der Waals surface area contributed by atoms with Gasteiger partial charge in [0.2, 0.25) is 0 Å². The Labute approximate surface area is 148 Å². The second-order valence-corrected chi connectivity index (χ2v) is 7.03. The molecular weight excluding hydrogens is 312 g/mol. The van der Waals surface area contributed by atoms with Crippen LogP contribution >= 0.6 is 0 Å². The van der Waals surface area contributed by atoms with Gasteiger partial charge in [-0.1, -0.05) is 55.8 Å². The Morgan fingerprint density at radius 1 is 1.08 bits per heavy atom. The van der Waals surface area contributed by atoms with Crippen molar-refractivity contribution >= 4 is 17.9 Å². The molecule has 0 aliphatic heterocycles. The molecule has 0 radical (unpaired) electrons. The van der Waals surface area contributed by atoms with E-state index in [-0.39, 0.29) is 17.2 Å². The molecule has 3 nitrogen and oxygen atoms in total. The van der Waals surface area contributed by atoms with Crippen LogP contribution in [-0.4, -0.2) is 16.4 Å². The van der Waals surface area contributed by atoms with Gasteiger partial charge in [0, 0.05) is 5.92 Å². The minimum atomic E-state index is -0.111. The van der Waals surface area contributed by atoms with Crippen molar-refractivity contribution in [1.29, 1.82) is 0 Å². The van der Waals surface area contributed by atoms with E-state index in [0.717, 1.165) is 28.0 Å². The molecule has 3 heteroatoms. The van der Waals surface area contributed by atoms with Crippen LogP contribution in [0.4, 0.5) is 0 Å². The van der Waals surface area contributed by atoms with E-state index in [1.165, 1.54) is 5.56 Å². The average molecular weight is 338 g/mol. The Hall–Kier alpha value is -2.39. The highest BCUT2D eigenvalue weighted by Gasteiger charge is 2.17. The SMILES string of the molecule is Cc1ccc(O)c(CCC2C=c3cc(C(C)C)ccc3=CC2=O)c1.O. The molecule has 1 aliphatic rings. The number of phenols is 1. The molecule has 0 aromatic heterocycles. The zero-order chi connectivity index (χ0) is 17.3. The lowest BCUT2D eigenvalue weighted by atomic mass is 9.89. The summed E-state index contributed by atoms with van der Waals surface area (Å²) in [6.07, 6.45) is 5.28. The highest BCUT2D eigenvalue weighted by Crippen LogP contribution is 2.23. The molecule has 0 fully saturated rings. The van der Waals surface area contributed by atoms with E-state index in [2.05, 4.69) is 32.1 Å². The van der Waals surface area contributed by atoms with Gasteiger partial charge in [0.05, 0.1) is 0 Å². The first kappa shape index (κ1) is 18.9. The van der Waals surface area contributed by atoms with Crippen LogP contribution in [0, 0.1) is 12.8 Å². The van der Waals surface area contributed by atoms with E-state index in [4.69, 9.17) is 0 Å². The van der Waals surface area contributed by atoms with Crippen molar-refractivity contribution in [2.75, 3.05) is 0 Å². The lowest BCUT2D eigenvalue weighted by Crippen LogP contribution is -2.33. The first-order valence-electron chi connectivity index (χ1n) is 8.60. The Morgan fingerprint density at radius 3 is 2.56 bits per heavy atom. The first-order valence-corrected chi connectivity index (χ1v) is 8.60. The Balaban J connectivity index is 0.00000225. The number of hydrogen-bond donors (Lipinski definition) is 1. The molecule has 1 atom stereocenters. The van der Waals surface area contributed by atoms with Gasteiger partial charge < -0.3 is 10.6 Å². The van der Waals surface area contributed by atoms with Crippen molar-refractivity contribution in [2.45, 2.75) is 39.5 Å². The summed E-state index contributed by atoms with van der Waals surface area (Å²) in [5.41, 5.74) is 3.33. The molecule has 3 N–H and O–H groups in total. The third kappa shape index (κ3) is 4.18. The number of phenolic OH excluding ortho intramolecular Hbond substituents is 1. The zero-order valence-electron chi connectivity index (χ0n) is 15.0. The summed E-state index contributed by atoms with van der Waals surface area (Å²) in [5.74, 6) is 0.839. The molecule has 2 aromatic carbocycles. The summed E-state index contributed by atoms with van der Waals surface area (Å²) >= 11 is 0. The van der Waals surface area contributed by atoms with Gasteiger partial charge in [0.15, 0.2) is 5.78 Å². The molecule has 0 saturated carbocycles. The molecule has 0 saturated heterocycles. The van der Waals surface area contributed by atoms with Crippen LogP contribution in [0.25, 0.3) is 12.2 Å². The summed E-state index contributed by atoms with van der Waals surface area (Å²) in [6.45, 7) is 6.37. The molecule has 3 rings (SSSR count). The second kappa shape index (κ2) is 7.66. The van der Waals surface area contributed by atoms with E-state index in [1.54, 1.807) is 12.1 Å². The minimum Gasteiger partial charge on any atom is -0.508 e. The Bertz CT molecular complexity index is 894. The predicted octanol–water partition coefficient (Wildman–Crippen LogP) is 2.39. The number of benzene rings is 2. The summed E-state index contributed by atoms with van der Waals surface area (Å²) in [4.78, 5) is 12.4. The van der Waals surface area contributed by atoms with Gasteiger partial charge in [-0.3, -0.25) is 4.79 Å². The van der Waals surface area contributed by atoms with Gasteiger partial charge in [-0.25, -0.2) is 0 Å². The molecule has 0 bridgehead atoms. The lowest BCUT2D eigenvalue weighted by Gasteiger charge is -2.15. The van der Waals surface area contributed by atoms with Crippen molar-refractivity contribution in [3.63, 3.8) is 0 Å². The lowest BCUT2D eigenvalue weighted by molar-refractivity contribution is -0.115. The van der Waals surface area contributed by atoms with Crippen LogP contribution in [0.2, 0.25) is 0 Å². The predicted molar refractivity (Wildman–Crippen MR) is 102 cm³/mol. The highest BCUT2D eigenvalue weighted by molar-refractivity contribution is 6.11. The number of aryl methyl sites for hydroxylation is 2. The van der Waals surface area contributed by atoms with Crippen molar-refractivity contribution in [3.05, 3.63) is 63.5 Å². The monoisotopic (exact) mass is 338 g/mol. The molecule has 25 heavy (non-hydrogen) atoms. The van der Waals surface area contributed by atoms with Crippen molar-refractivity contribution < 1.29 is 15.4 Å². The number of aromatic hydroxyl groups is 1. The first-order chi connectivity index (χ1) is 11.4. The maximum Gasteiger partial charge on any atom is 0.163 e.